The SMILES string of the molecule is CS(=O)(=O)N[C@@H]1[C@H](Cc2cccc(-c3cccc(F)c3)c2)N(C(=O)C2CCO2)CC12CC2. The molecule has 2 saturated heterocycles. The molecule has 1 N–H and O–H groups in total. The molecule has 2 aromatic carbocycles. The summed E-state index contributed by atoms with van der Waals surface area (Å²) in [6.45, 7) is 1.13. The van der Waals surface area contributed by atoms with Crippen LogP contribution in [0.25, 0.3) is 11.1 Å². The number of likely N-dealkylation sites (tertiary alicyclic amines) is 1. The highest BCUT2D eigenvalue weighted by atomic mass is 32.2. The Morgan fingerprint density at radius 1 is 1.19 bits per heavy atom. The Kier molecular flexibility index (Phi) is 5.34. The first-order chi connectivity index (χ1) is 15.2. The number of carbonyl (C=O) groups excluding carboxylic acids is 1. The van der Waals surface area contributed by atoms with Crippen molar-refractivity contribution in [3.05, 3.63) is 59.9 Å². The maximum absolute atomic E-state index is 13.7. The van der Waals surface area contributed by atoms with Crippen LogP contribution in [0.5, 0.6) is 0 Å². The molecular formula is C24H27FN2O4S. The van der Waals surface area contributed by atoms with Crippen LogP contribution in [0.15, 0.2) is 48.5 Å². The van der Waals surface area contributed by atoms with E-state index >= 15 is 0 Å². The maximum atomic E-state index is 13.7. The molecule has 0 aromatic heterocycles. The van der Waals surface area contributed by atoms with Crippen LogP contribution >= 0.6 is 0 Å². The lowest BCUT2D eigenvalue weighted by Crippen LogP contribution is -2.52. The van der Waals surface area contributed by atoms with Crippen molar-refractivity contribution in [3.8, 4) is 11.1 Å². The topological polar surface area (TPSA) is 75.7 Å². The van der Waals surface area contributed by atoms with Gasteiger partial charge in [0, 0.05) is 24.4 Å². The van der Waals surface area contributed by atoms with E-state index in [4.69, 9.17) is 4.74 Å². The van der Waals surface area contributed by atoms with E-state index in [0.717, 1.165) is 29.5 Å². The first-order valence-electron chi connectivity index (χ1n) is 11.0. The fraction of sp³-hybridized carbons (Fsp3) is 0.458. The van der Waals surface area contributed by atoms with Gasteiger partial charge in [0.05, 0.1) is 18.9 Å². The lowest BCUT2D eigenvalue weighted by atomic mass is 9.91. The van der Waals surface area contributed by atoms with Crippen LogP contribution in [-0.2, 0) is 26.0 Å². The highest BCUT2D eigenvalue weighted by Crippen LogP contribution is 2.55. The third kappa shape index (κ3) is 4.19. The summed E-state index contributed by atoms with van der Waals surface area (Å²) < 4.78 is 46.4. The summed E-state index contributed by atoms with van der Waals surface area (Å²) in [5.41, 5.74) is 2.43. The van der Waals surface area contributed by atoms with Crippen molar-refractivity contribution in [1.29, 1.82) is 0 Å². The number of benzene rings is 2. The fourth-order valence-electron chi connectivity index (χ4n) is 5.08. The lowest BCUT2D eigenvalue weighted by molar-refractivity contribution is -0.157. The summed E-state index contributed by atoms with van der Waals surface area (Å²) in [6.07, 6.45) is 3.75. The molecule has 2 aliphatic heterocycles. The number of hydrogen-bond acceptors (Lipinski definition) is 4. The van der Waals surface area contributed by atoms with Gasteiger partial charge in [-0.05, 0) is 48.1 Å². The molecule has 32 heavy (non-hydrogen) atoms. The smallest absolute Gasteiger partial charge is 0.252 e. The van der Waals surface area contributed by atoms with Gasteiger partial charge in [-0.2, -0.15) is 0 Å². The second-order valence-electron chi connectivity index (χ2n) is 9.33. The minimum atomic E-state index is -3.44. The quantitative estimate of drug-likeness (QED) is 0.722. The van der Waals surface area contributed by atoms with E-state index in [1.165, 1.54) is 18.4 Å². The molecule has 1 unspecified atom stereocenters. The van der Waals surface area contributed by atoms with E-state index in [9.17, 15) is 17.6 Å². The molecular weight excluding hydrogens is 431 g/mol. The number of ether oxygens (including phenoxy) is 1. The molecule has 1 spiro atoms. The van der Waals surface area contributed by atoms with Crippen LogP contribution in [0.2, 0.25) is 0 Å². The number of amides is 1. The lowest BCUT2D eigenvalue weighted by Gasteiger charge is -2.34. The first-order valence-corrected chi connectivity index (χ1v) is 12.9. The van der Waals surface area contributed by atoms with Crippen LogP contribution in [0.3, 0.4) is 0 Å². The predicted octanol–water partition coefficient (Wildman–Crippen LogP) is 2.73. The van der Waals surface area contributed by atoms with Crippen molar-refractivity contribution in [1.82, 2.24) is 9.62 Å². The molecule has 3 aliphatic rings. The number of nitrogens with zero attached hydrogens (tertiary/aromatic N) is 1. The minimum Gasteiger partial charge on any atom is -0.368 e. The van der Waals surface area contributed by atoms with E-state index < -0.39 is 16.1 Å². The third-order valence-electron chi connectivity index (χ3n) is 6.95. The maximum Gasteiger partial charge on any atom is 0.252 e. The van der Waals surface area contributed by atoms with Crippen molar-refractivity contribution in [2.45, 2.75) is 43.9 Å². The molecule has 2 aromatic rings. The average molecular weight is 459 g/mol. The molecule has 5 rings (SSSR count). The van der Waals surface area contributed by atoms with Crippen LogP contribution in [0.1, 0.15) is 24.8 Å². The molecule has 3 atom stereocenters. The number of carbonyl (C=O) groups is 1. The van der Waals surface area contributed by atoms with E-state index in [2.05, 4.69) is 4.72 Å². The molecule has 8 heteroatoms. The zero-order chi connectivity index (χ0) is 22.5. The van der Waals surface area contributed by atoms with Gasteiger partial charge in [-0.25, -0.2) is 17.5 Å². The Labute approximate surface area is 187 Å². The van der Waals surface area contributed by atoms with Crippen molar-refractivity contribution in [2.24, 2.45) is 5.41 Å². The largest absolute Gasteiger partial charge is 0.368 e. The molecule has 1 aliphatic carbocycles. The standard InChI is InChI=1S/C24H27FN2O4S/c1-32(29,30)26-22-20(27(15-24(22)9-10-24)23(28)21-8-11-31-21)13-16-4-2-5-17(12-16)18-6-3-7-19(25)14-18/h2-7,12,14,20-22,26H,8-11,13,15H2,1H3/t20-,21?,22+/m0/s1. The number of sulfonamides is 1. The van der Waals surface area contributed by atoms with Crippen LogP contribution in [0.4, 0.5) is 4.39 Å². The van der Waals surface area contributed by atoms with Gasteiger partial charge in [-0.1, -0.05) is 36.4 Å². The van der Waals surface area contributed by atoms with Crippen molar-refractivity contribution >= 4 is 15.9 Å². The summed E-state index contributed by atoms with van der Waals surface area (Å²) in [4.78, 5) is 15.0. The zero-order valence-corrected chi connectivity index (χ0v) is 18.8. The number of halogens is 1. The Morgan fingerprint density at radius 3 is 2.47 bits per heavy atom. The van der Waals surface area contributed by atoms with E-state index in [1.807, 2.05) is 35.2 Å². The Bertz CT molecular complexity index is 1140. The van der Waals surface area contributed by atoms with Crippen LogP contribution in [-0.4, -0.2) is 56.8 Å². The van der Waals surface area contributed by atoms with Crippen LogP contribution < -0.4 is 4.72 Å². The Balaban J connectivity index is 1.46. The summed E-state index contributed by atoms with van der Waals surface area (Å²) in [5.74, 6) is -0.347. The third-order valence-corrected chi connectivity index (χ3v) is 7.63. The Hall–Kier alpha value is -2.29. The number of hydrogen-bond donors (Lipinski definition) is 1. The highest BCUT2D eigenvalue weighted by molar-refractivity contribution is 7.88. The predicted molar refractivity (Wildman–Crippen MR) is 119 cm³/mol. The monoisotopic (exact) mass is 458 g/mol. The average Bonchev–Trinajstić information content (AvgIpc) is 3.42. The molecule has 1 saturated carbocycles. The number of rotatable bonds is 6. The summed E-state index contributed by atoms with van der Waals surface area (Å²) in [5, 5.41) is 0. The first kappa shape index (κ1) is 21.6. The molecule has 170 valence electrons. The van der Waals surface area contributed by atoms with Crippen LogP contribution in [0, 0.1) is 11.2 Å². The Morgan fingerprint density at radius 2 is 1.88 bits per heavy atom. The van der Waals surface area contributed by atoms with E-state index in [0.29, 0.717) is 26.0 Å². The van der Waals surface area contributed by atoms with Gasteiger partial charge < -0.3 is 9.64 Å². The highest BCUT2D eigenvalue weighted by Gasteiger charge is 2.61. The molecule has 6 nitrogen and oxygen atoms in total. The van der Waals surface area contributed by atoms with Gasteiger partial charge in [-0.3, -0.25) is 4.79 Å². The van der Waals surface area contributed by atoms with Gasteiger partial charge in [0.1, 0.15) is 11.9 Å². The van der Waals surface area contributed by atoms with Crippen molar-refractivity contribution in [2.75, 3.05) is 19.4 Å². The van der Waals surface area contributed by atoms with Gasteiger partial charge in [0.15, 0.2) is 0 Å². The molecule has 3 fully saturated rings. The van der Waals surface area contributed by atoms with Gasteiger partial charge in [-0.15, -0.1) is 0 Å². The molecule has 0 radical (unpaired) electrons. The van der Waals surface area contributed by atoms with Gasteiger partial charge >= 0.3 is 0 Å². The minimum absolute atomic E-state index is 0.0494. The summed E-state index contributed by atoms with van der Waals surface area (Å²) >= 11 is 0. The van der Waals surface area contributed by atoms with E-state index in [-0.39, 0.29) is 29.2 Å². The molecule has 1 amide bonds. The summed E-state index contributed by atoms with van der Waals surface area (Å²) in [7, 11) is -3.44. The van der Waals surface area contributed by atoms with Crippen molar-refractivity contribution < 1.29 is 22.3 Å². The molecule has 0 bridgehead atoms. The normalized spacial score (nSPS) is 26.2. The van der Waals surface area contributed by atoms with Gasteiger partial charge in [0.2, 0.25) is 10.0 Å². The van der Waals surface area contributed by atoms with Gasteiger partial charge in [0.25, 0.3) is 5.91 Å². The fourth-order valence-corrected chi connectivity index (χ4v) is 5.95. The summed E-state index contributed by atoms with van der Waals surface area (Å²) in [6, 6.07) is 13.6. The van der Waals surface area contributed by atoms with Crippen molar-refractivity contribution in [3.63, 3.8) is 0 Å². The molecule has 2 heterocycles. The second kappa shape index (κ2) is 7.93. The second-order valence-corrected chi connectivity index (χ2v) is 11.1. The number of nitrogens with one attached hydrogen (secondary N) is 1. The van der Waals surface area contributed by atoms with E-state index in [1.54, 1.807) is 6.07 Å². The zero-order valence-electron chi connectivity index (χ0n) is 18.0.